The van der Waals surface area contributed by atoms with Gasteiger partial charge in [-0.15, -0.1) is 0 Å². The third-order valence-corrected chi connectivity index (χ3v) is 7.07. The van der Waals surface area contributed by atoms with Crippen LogP contribution in [-0.4, -0.2) is 26.3 Å². The molecule has 3 heterocycles. The molecule has 9 nitrogen and oxygen atoms in total. The predicted molar refractivity (Wildman–Crippen MR) is 156 cm³/mol. The maximum Gasteiger partial charge on any atom is 0.230 e. The van der Waals surface area contributed by atoms with Crippen LogP contribution < -0.4 is 15.2 Å². The second kappa shape index (κ2) is 9.74. The lowest BCUT2D eigenvalue weighted by molar-refractivity contribution is 0.411. The molecule has 0 spiro atoms. The number of hydrogen-bond acceptors (Lipinski definition) is 7. The van der Waals surface area contributed by atoms with E-state index >= 15 is 0 Å². The van der Waals surface area contributed by atoms with E-state index in [0.29, 0.717) is 50.9 Å². The fourth-order valence-electron chi connectivity index (χ4n) is 5.05. The van der Waals surface area contributed by atoms with E-state index in [2.05, 4.69) is 12.1 Å². The molecule has 200 valence electrons. The van der Waals surface area contributed by atoms with E-state index in [1.54, 1.807) is 40.5 Å². The zero-order chi connectivity index (χ0) is 28.8. The quantitative estimate of drug-likeness (QED) is 0.269. The standard InChI is InChI=1S/C32H25N7O2/c1-18-5-8-21(9-6-18)39-32(41-23-12-10-22(40-4)11-13-23)28(20(3)37-39)29-24(16-33)30(35)38-27-14-7-19(2)15-26(27)36-31(38)25(29)17-34/h5-15H,35H2,1-4H3. The first kappa shape index (κ1) is 25.5. The minimum atomic E-state index is 0.139. The van der Waals surface area contributed by atoms with Crippen molar-refractivity contribution in [2.75, 3.05) is 12.8 Å². The molecule has 0 saturated carbocycles. The lowest BCUT2D eigenvalue weighted by Crippen LogP contribution is -2.06. The van der Waals surface area contributed by atoms with Crippen LogP contribution in [0.15, 0.2) is 66.7 Å². The Hall–Kier alpha value is -5.80. The number of nitrogens with two attached hydrogens (primary N) is 1. The van der Waals surface area contributed by atoms with Crippen molar-refractivity contribution >= 4 is 22.5 Å². The zero-order valence-electron chi connectivity index (χ0n) is 22.9. The molecular formula is C32H25N7O2. The highest BCUT2D eigenvalue weighted by Gasteiger charge is 2.30. The molecule has 0 unspecified atom stereocenters. The van der Waals surface area contributed by atoms with Gasteiger partial charge in [-0.1, -0.05) is 23.8 Å². The van der Waals surface area contributed by atoms with E-state index in [4.69, 9.17) is 25.3 Å². The summed E-state index contributed by atoms with van der Waals surface area (Å²) in [4.78, 5) is 4.78. The van der Waals surface area contributed by atoms with Crippen molar-refractivity contribution in [3.8, 4) is 46.3 Å². The highest BCUT2D eigenvalue weighted by molar-refractivity contribution is 5.94. The summed E-state index contributed by atoms with van der Waals surface area (Å²) in [7, 11) is 1.59. The zero-order valence-corrected chi connectivity index (χ0v) is 22.9. The van der Waals surface area contributed by atoms with Gasteiger partial charge in [0.05, 0.1) is 35.1 Å². The van der Waals surface area contributed by atoms with Crippen LogP contribution in [0.5, 0.6) is 17.4 Å². The van der Waals surface area contributed by atoms with Gasteiger partial charge in [-0.2, -0.15) is 20.3 Å². The molecule has 0 bridgehead atoms. The summed E-state index contributed by atoms with van der Waals surface area (Å²) >= 11 is 0. The number of rotatable bonds is 5. The fraction of sp³-hybridized carbons (Fsp3) is 0.125. The number of aromatic nitrogens is 4. The minimum absolute atomic E-state index is 0.139. The number of aryl methyl sites for hydroxylation is 3. The first-order valence-electron chi connectivity index (χ1n) is 12.9. The van der Waals surface area contributed by atoms with E-state index in [1.807, 2.05) is 63.2 Å². The van der Waals surface area contributed by atoms with Crippen molar-refractivity contribution in [3.05, 3.63) is 94.7 Å². The molecule has 0 aliphatic rings. The SMILES string of the molecule is COc1ccc(Oc2c(-c3c(C#N)c(N)n4c(nc5cc(C)ccc54)c3C#N)c(C)nn2-c2ccc(C)cc2)cc1. The van der Waals surface area contributed by atoms with Crippen molar-refractivity contribution in [2.45, 2.75) is 20.8 Å². The molecule has 9 heteroatoms. The molecule has 0 saturated heterocycles. The van der Waals surface area contributed by atoms with Crippen LogP contribution in [-0.2, 0) is 0 Å². The Morgan fingerprint density at radius 1 is 0.805 bits per heavy atom. The second-order valence-corrected chi connectivity index (χ2v) is 9.79. The Morgan fingerprint density at radius 3 is 2.12 bits per heavy atom. The number of imidazole rings is 1. The van der Waals surface area contributed by atoms with Gasteiger partial charge in [0.1, 0.15) is 40.6 Å². The molecule has 0 aliphatic carbocycles. The molecule has 3 aromatic heterocycles. The molecular weight excluding hydrogens is 514 g/mol. The topological polar surface area (TPSA) is 127 Å². The number of benzene rings is 3. The van der Waals surface area contributed by atoms with E-state index in [1.165, 1.54) is 0 Å². The summed E-state index contributed by atoms with van der Waals surface area (Å²) in [6.45, 7) is 5.79. The Bertz CT molecular complexity index is 2060. The summed E-state index contributed by atoms with van der Waals surface area (Å²) in [6, 6.07) is 25.3. The molecule has 0 radical (unpaired) electrons. The normalized spacial score (nSPS) is 11.0. The van der Waals surface area contributed by atoms with Gasteiger partial charge in [-0.3, -0.25) is 4.40 Å². The molecule has 0 fully saturated rings. The van der Waals surface area contributed by atoms with Crippen LogP contribution in [0.4, 0.5) is 5.82 Å². The Balaban J connectivity index is 1.70. The third kappa shape index (κ3) is 4.08. The van der Waals surface area contributed by atoms with Gasteiger partial charge in [0.25, 0.3) is 0 Å². The second-order valence-electron chi connectivity index (χ2n) is 9.79. The van der Waals surface area contributed by atoms with E-state index in [9.17, 15) is 10.5 Å². The lowest BCUT2D eigenvalue weighted by Gasteiger charge is -2.15. The number of nitriles is 2. The highest BCUT2D eigenvalue weighted by Crippen LogP contribution is 2.44. The summed E-state index contributed by atoms with van der Waals surface area (Å²) in [5, 5.41) is 25.8. The highest BCUT2D eigenvalue weighted by atomic mass is 16.5. The summed E-state index contributed by atoms with van der Waals surface area (Å²) in [5.41, 5.74) is 13.0. The average Bonchev–Trinajstić information content (AvgIpc) is 3.50. The number of hydrogen-bond donors (Lipinski definition) is 1. The van der Waals surface area contributed by atoms with E-state index in [0.717, 1.165) is 16.8 Å². The number of methoxy groups -OCH3 is 1. The van der Waals surface area contributed by atoms with Gasteiger partial charge in [0.15, 0.2) is 5.65 Å². The molecule has 6 rings (SSSR count). The van der Waals surface area contributed by atoms with Crippen LogP contribution in [0.25, 0.3) is 33.5 Å². The van der Waals surface area contributed by atoms with Gasteiger partial charge >= 0.3 is 0 Å². The van der Waals surface area contributed by atoms with Crippen molar-refractivity contribution in [1.82, 2.24) is 19.2 Å². The monoisotopic (exact) mass is 539 g/mol. The molecule has 0 amide bonds. The van der Waals surface area contributed by atoms with Gasteiger partial charge < -0.3 is 15.2 Å². The predicted octanol–water partition coefficient (Wildman–Crippen LogP) is 6.39. The molecule has 0 atom stereocenters. The maximum atomic E-state index is 10.5. The molecule has 0 aliphatic heterocycles. The summed E-state index contributed by atoms with van der Waals surface area (Å²) in [5.74, 6) is 1.72. The molecule has 41 heavy (non-hydrogen) atoms. The lowest BCUT2D eigenvalue weighted by atomic mass is 9.96. The average molecular weight is 540 g/mol. The molecule has 6 aromatic rings. The Kier molecular flexibility index (Phi) is 6.05. The van der Waals surface area contributed by atoms with Crippen LogP contribution in [0.3, 0.4) is 0 Å². The van der Waals surface area contributed by atoms with Crippen LogP contribution >= 0.6 is 0 Å². The van der Waals surface area contributed by atoms with Crippen LogP contribution in [0, 0.1) is 43.4 Å². The number of fused-ring (bicyclic) bond motifs is 3. The van der Waals surface area contributed by atoms with Gasteiger partial charge in [-0.05, 0) is 74.9 Å². The van der Waals surface area contributed by atoms with E-state index in [-0.39, 0.29) is 16.9 Å². The number of ether oxygens (including phenoxy) is 2. The number of nitrogens with zero attached hydrogens (tertiary/aromatic N) is 6. The molecule has 2 N–H and O–H groups in total. The third-order valence-electron chi connectivity index (χ3n) is 7.07. The summed E-state index contributed by atoms with van der Waals surface area (Å²) < 4.78 is 15.1. The molecule has 3 aromatic carbocycles. The van der Waals surface area contributed by atoms with Crippen LogP contribution in [0.1, 0.15) is 27.9 Å². The maximum absolute atomic E-state index is 10.5. The van der Waals surface area contributed by atoms with Crippen molar-refractivity contribution < 1.29 is 9.47 Å². The first-order valence-corrected chi connectivity index (χ1v) is 12.9. The summed E-state index contributed by atoms with van der Waals surface area (Å²) in [6.07, 6.45) is 0. The van der Waals surface area contributed by atoms with Crippen molar-refractivity contribution in [1.29, 1.82) is 10.5 Å². The number of pyridine rings is 1. The van der Waals surface area contributed by atoms with E-state index < -0.39 is 0 Å². The van der Waals surface area contributed by atoms with Crippen molar-refractivity contribution in [2.24, 2.45) is 0 Å². The number of nitrogen functional groups attached to an aromatic ring is 1. The Labute approximate surface area is 236 Å². The number of anilines is 1. The first-order chi connectivity index (χ1) is 19.8. The smallest absolute Gasteiger partial charge is 0.230 e. The van der Waals surface area contributed by atoms with Crippen molar-refractivity contribution in [3.63, 3.8) is 0 Å². The Morgan fingerprint density at radius 2 is 1.46 bits per heavy atom. The largest absolute Gasteiger partial charge is 0.497 e. The minimum Gasteiger partial charge on any atom is -0.497 e. The fourth-order valence-corrected chi connectivity index (χ4v) is 5.05. The van der Waals surface area contributed by atoms with Gasteiger partial charge in [0, 0.05) is 5.56 Å². The van der Waals surface area contributed by atoms with Gasteiger partial charge in [0.2, 0.25) is 5.88 Å². The van der Waals surface area contributed by atoms with Gasteiger partial charge in [-0.25, -0.2) is 4.98 Å². The van der Waals surface area contributed by atoms with Crippen LogP contribution in [0.2, 0.25) is 0 Å².